The van der Waals surface area contributed by atoms with Crippen molar-refractivity contribution in [3.05, 3.63) is 102 Å². The van der Waals surface area contributed by atoms with Crippen molar-refractivity contribution >= 4 is 22.6 Å². The number of fused-ring (bicyclic) bond motifs is 1. The molecule has 1 atom stereocenters. The molecule has 0 radical (unpaired) electrons. The summed E-state index contributed by atoms with van der Waals surface area (Å²) in [5, 5.41) is 3.92. The quantitative estimate of drug-likeness (QED) is 0.376. The van der Waals surface area contributed by atoms with Crippen molar-refractivity contribution < 1.29 is 4.79 Å². The number of nitrogens with one attached hydrogen (secondary N) is 1. The number of aryl methyl sites for hydroxylation is 1. The van der Waals surface area contributed by atoms with E-state index in [0.717, 1.165) is 33.4 Å². The summed E-state index contributed by atoms with van der Waals surface area (Å²) in [6, 6.07) is 24.8. The Balaban J connectivity index is 1.59. The SMILES string of the molecule is Cc1cccc(C(C)NC(=O)c2nc(-c3ccc4ncccc4c3)c(-c3ccccc3)nc2N)n1. The highest BCUT2D eigenvalue weighted by molar-refractivity contribution is 5.98. The topological polar surface area (TPSA) is 107 Å². The zero-order valence-corrected chi connectivity index (χ0v) is 19.4. The molecule has 2 aromatic carbocycles. The number of hydrogen-bond acceptors (Lipinski definition) is 6. The predicted octanol–water partition coefficient (Wildman–Crippen LogP) is 5.14. The Kier molecular flexibility index (Phi) is 5.89. The van der Waals surface area contributed by atoms with Gasteiger partial charge in [-0.15, -0.1) is 0 Å². The first kappa shape index (κ1) is 22.2. The lowest BCUT2D eigenvalue weighted by Crippen LogP contribution is -2.29. The summed E-state index contributed by atoms with van der Waals surface area (Å²) in [4.78, 5) is 31.5. The van der Waals surface area contributed by atoms with E-state index in [1.807, 2.05) is 92.7 Å². The first-order valence-corrected chi connectivity index (χ1v) is 11.3. The number of nitrogens with zero attached hydrogens (tertiary/aromatic N) is 4. The number of carbonyl (C=O) groups excluding carboxylic acids is 1. The van der Waals surface area contributed by atoms with Gasteiger partial charge in [-0.2, -0.15) is 0 Å². The molecule has 7 nitrogen and oxygen atoms in total. The number of amides is 1. The van der Waals surface area contributed by atoms with Gasteiger partial charge in [0.1, 0.15) is 0 Å². The lowest BCUT2D eigenvalue weighted by atomic mass is 10.0. The molecule has 3 aromatic heterocycles. The zero-order valence-electron chi connectivity index (χ0n) is 19.4. The molecule has 7 heteroatoms. The van der Waals surface area contributed by atoms with Crippen LogP contribution in [0.15, 0.2) is 85.1 Å². The summed E-state index contributed by atoms with van der Waals surface area (Å²) in [6.07, 6.45) is 1.76. The normalized spacial score (nSPS) is 11.8. The van der Waals surface area contributed by atoms with Crippen LogP contribution in [0.1, 0.15) is 34.8 Å². The molecule has 3 N–H and O–H groups in total. The lowest BCUT2D eigenvalue weighted by molar-refractivity contribution is 0.0935. The molecule has 0 saturated carbocycles. The number of rotatable bonds is 5. The highest BCUT2D eigenvalue weighted by Crippen LogP contribution is 2.32. The van der Waals surface area contributed by atoms with Crippen LogP contribution in [0.3, 0.4) is 0 Å². The molecule has 0 aliphatic rings. The van der Waals surface area contributed by atoms with Crippen molar-refractivity contribution in [3.8, 4) is 22.5 Å². The van der Waals surface area contributed by atoms with Gasteiger partial charge in [-0.1, -0.05) is 48.5 Å². The van der Waals surface area contributed by atoms with E-state index < -0.39 is 5.91 Å². The van der Waals surface area contributed by atoms with E-state index in [-0.39, 0.29) is 17.6 Å². The van der Waals surface area contributed by atoms with Gasteiger partial charge in [0.15, 0.2) is 11.5 Å². The monoisotopic (exact) mass is 460 g/mol. The molecule has 0 aliphatic carbocycles. The number of carbonyl (C=O) groups is 1. The van der Waals surface area contributed by atoms with E-state index in [1.165, 1.54) is 0 Å². The van der Waals surface area contributed by atoms with Gasteiger partial charge in [-0.05, 0) is 44.2 Å². The minimum atomic E-state index is -0.408. The second-order valence-corrected chi connectivity index (χ2v) is 8.33. The predicted molar refractivity (Wildman–Crippen MR) is 137 cm³/mol. The number of nitrogens with two attached hydrogens (primary N) is 1. The molecular formula is C28H24N6O. The molecule has 5 aromatic rings. The van der Waals surface area contributed by atoms with Gasteiger partial charge >= 0.3 is 0 Å². The maximum Gasteiger partial charge on any atom is 0.274 e. The van der Waals surface area contributed by atoms with Crippen LogP contribution in [-0.4, -0.2) is 25.8 Å². The summed E-state index contributed by atoms with van der Waals surface area (Å²) in [6.45, 7) is 3.79. The molecule has 0 spiro atoms. The van der Waals surface area contributed by atoms with E-state index in [4.69, 9.17) is 10.7 Å². The fraction of sp³-hybridized carbons (Fsp3) is 0.107. The third-order valence-electron chi connectivity index (χ3n) is 5.76. The van der Waals surface area contributed by atoms with E-state index in [1.54, 1.807) is 6.20 Å². The van der Waals surface area contributed by atoms with E-state index in [0.29, 0.717) is 11.4 Å². The highest BCUT2D eigenvalue weighted by atomic mass is 16.2. The van der Waals surface area contributed by atoms with Crippen LogP contribution in [0.4, 0.5) is 5.82 Å². The van der Waals surface area contributed by atoms with Crippen molar-refractivity contribution in [2.75, 3.05) is 5.73 Å². The van der Waals surface area contributed by atoms with Crippen LogP contribution in [0.5, 0.6) is 0 Å². The summed E-state index contributed by atoms with van der Waals surface area (Å²) in [7, 11) is 0. The van der Waals surface area contributed by atoms with Gasteiger partial charge in [0, 0.05) is 28.4 Å². The standard InChI is InChI=1S/C28H24N6O/c1-17-8-6-12-22(31-17)18(2)32-28(35)26-27(29)34-24(19-9-4-3-5-10-19)25(33-26)21-13-14-23-20(16-21)11-7-15-30-23/h3-16,18H,1-2H3,(H2,29,34)(H,32,35). The Hall–Kier alpha value is -4.65. The van der Waals surface area contributed by atoms with Gasteiger partial charge in [0.05, 0.1) is 28.6 Å². The van der Waals surface area contributed by atoms with Crippen molar-refractivity contribution in [2.45, 2.75) is 19.9 Å². The number of benzene rings is 2. The first-order valence-electron chi connectivity index (χ1n) is 11.3. The van der Waals surface area contributed by atoms with Crippen LogP contribution < -0.4 is 11.1 Å². The molecule has 0 bridgehead atoms. The second-order valence-electron chi connectivity index (χ2n) is 8.33. The summed E-state index contributed by atoms with van der Waals surface area (Å²) in [5.74, 6) is -0.342. The fourth-order valence-corrected chi connectivity index (χ4v) is 3.98. The van der Waals surface area contributed by atoms with Gasteiger partial charge in [0.25, 0.3) is 5.91 Å². The van der Waals surface area contributed by atoms with Crippen LogP contribution >= 0.6 is 0 Å². The average Bonchev–Trinajstić information content (AvgIpc) is 2.88. The van der Waals surface area contributed by atoms with Crippen LogP contribution in [0.25, 0.3) is 33.4 Å². The Morgan fingerprint density at radius 1 is 0.857 bits per heavy atom. The van der Waals surface area contributed by atoms with Crippen LogP contribution in [0, 0.1) is 6.92 Å². The Morgan fingerprint density at radius 3 is 2.46 bits per heavy atom. The Bertz CT molecular complexity index is 1530. The Morgan fingerprint density at radius 2 is 1.66 bits per heavy atom. The van der Waals surface area contributed by atoms with Gasteiger partial charge in [0.2, 0.25) is 0 Å². The number of nitrogen functional groups attached to an aromatic ring is 1. The summed E-state index contributed by atoms with van der Waals surface area (Å²) >= 11 is 0. The number of hydrogen-bond donors (Lipinski definition) is 2. The third kappa shape index (κ3) is 4.56. The highest BCUT2D eigenvalue weighted by Gasteiger charge is 2.22. The van der Waals surface area contributed by atoms with Crippen molar-refractivity contribution in [1.29, 1.82) is 0 Å². The zero-order chi connectivity index (χ0) is 24.4. The molecule has 0 saturated heterocycles. The second kappa shape index (κ2) is 9.30. The molecule has 0 fully saturated rings. The molecule has 1 unspecified atom stereocenters. The molecule has 172 valence electrons. The minimum Gasteiger partial charge on any atom is -0.382 e. The molecule has 1 amide bonds. The number of aromatic nitrogens is 4. The van der Waals surface area contributed by atoms with E-state index in [9.17, 15) is 4.79 Å². The third-order valence-corrected chi connectivity index (χ3v) is 5.76. The molecule has 3 heterocycles. The van der Waals surface area contributed by atoms with Crippen molar-refractivity contribution in [1.82, 2.24) is 25.3 Å². The van der Waals surface area contributed by atoms with Crippen LogP contribution in [0.2, 0.25) is 0 Å². The van der Waals surface area contributed by atoms with E-state index in [2.05, 4.69) is 20.3 Å². The van der Waals surface area contributed by atoms with Gasteiger partial charge in [-0.25, -0.2) is 9.97 Å². The molecule has 35 heavy (non-hydrogen) atoms. The Labute approximate surface area is 203 Å². The van der Waals surface area contributed by atoms with Crippen LogP contribution in [-0.2, 0) is 0 Å². The van der Waals surface area contributed by atoms with Gasteiger partial charge in [-0.3, -0.25) is 14.8 Å². The molecular weight excluding hydrogens is 436 g/mol. The molecule has 0 aliphatic heterocycles. The summed E-state index contributed by atoms with van der Waals surface area (Å²) < 4.78 is 0. The summed E-state index contributed by atoms with van der Waals surface area (Å²) in [5.41, 5.74) is 11.7. The maximum absolute atomic E-state index is 13.2. The number of anilines is 1. The largest absolute Gasteiger partial charge is 0.382 e. The fourth-order valence-electron chi connectivity index (χ4n) is 3.98. The average molecular weight is 461 g/mol. The first-order chi connectivity index (χ1) is 17.0. The minimum absolute atomic E-state index is 0.0666. The lowest BCUT2D eigenvalue weighted by Gasteiger charge is -2.16. The maximum atomic E-state index is 13.2. The van der Waals surface area contributed by atoms with E-state index >= 15 is 0 Å². The number of pyridine rings is 2. The van der Waals surface area contributed by atoms with Crippen molar-refractivity contribution in [2.24, 2.45) is 0 Å². The van der Waals surface area contributed by atoms with Crippen molar-refractivity contribution in [3.63, 3.8) is 0 Å². The van der Waals surface area contributed by atoms with Gasteiger partial charge < -0.3 is 11.1 Å². The molecule has 5 rings (SSSR count). The smallest absolute Gasteiger partial charge is 0.274 e.